The number of aromatic nitrogens is 1. The van der Waals surface area contributed by atoms with Gasteiger partial charge in [0, 0.05) is 17.6 Å². The third-order valence-electron chi connectivity index (χ3n) is 1.59. The number of aryl methyl sites for hydroxylation is 1. The standard InChI is InChI=1S/C10H10N2O2/c1-7-8(3-5-9(11)13)4-6-10(12-7)14-2/h4,6H,1-2H3,(H2,11,13). The molecule has 14 heavy (non-hydrogen) atoms. The smallest absolute Gasteiger partial charge is 0.293 e. The summed E-state index contributed by atoms with van der Waals surface area (Å²) in [6, 6.07) is 3.41. The van der Waals surface area contributed by atoms with Gasteiger partial charge in [0.1, 0.15) is 0 Å². The highest BCUT2D eigenvalue weighted by molar-refractivity contribution is 5.92. The molecule has 0 spiro atoms. The Balaban J connectivity index is 3.02. The fourth-order valence-corrected chi connectivity index (χ4v) is 0.913. The lowest BCUT2D eigenvalue weighted by Crippen LogP contribution is -2.06. The van der Waals surface area contributed by atoms with Crippen molar-refractivity contribution in [2.45, 2.75) is 6.92 Å². The van der Waals surface area contributed by atoms with Crippen molar-refractivity contribution in [3.63, 3.8) is 0 Å². The van der Waals surface area contributed by atoms with Crippen LogP contribution in [0.5, 0.6) is 5.88 Å². The molecule has 1 aromatic heterocycles. The van der Waals surface area contributed by atoms with Crippen LogP contribution in [0.4, 0.5) is 0 Å². The Morgan fingerprint density at radius 3 is 2.79 bits per heavy atom. The number of ether oxygens (including phenoxy) is 1. The van der Waals surface area contributed by atoms with E-state index in [4.69, 9.17) is 10.5 Å². The predicted octanol–water partition coefficient (Wildman–Crippen LogP) is 0.235. The molecule has 0 saturated heterocycles. The van der Waals surface area contributed by atoms with E-state index in [0.29, 0.717) is 17.1 Å². The number of nitrogens with zero attached hydrogens (tertiary/aromatic N) is 1. The average Bonchev–Trinajstić information content (AvgIpc) is 2.15. The summed E-state index contributed by atoms with van der Waals surface area (Å²) in [6.45, 7) is 1.79. The van der Waals surface area contributed by atoms with Gasteiger partial charge in [-0.05, 0) is 13.0 Å². The maximum Gasteiger partial charge on any atom is 0.293 e. The van der Waals surface area contributed by atoms with E-state index in [1.807, 2.05) is 0 Å². The van der Waals surface area contributed by atoms with Gasteiger partial charge in [0.2, 0.25) is 5.88 Å². The Bertz CT molecular complexity index is 416. The van der Waals surface area contributed by atoms with E-state index in [0.717, 1.165) is 0 Å². The number of primary amides is 1. The number of hydrogen-bond donors (Lipinski definition) is 1. The minimum atomic E-state index is -0.653. The molecular weight excluding hydrogens is 180 g/mol. The zero-order valence-corrected chi connectivity index (χ0v) is 8.00. The number of pyridine rings is 1. The maximum atomic E-state index is 10.4. The molecule has 0 aliphatic rings. The molecule has 0 fully saturated rings. The summed E-state index contributed by atoms with van der Waals surface area (Å²) in [5, 5.41) is 0. The predicted molar refractivity (Wildman–Crippen MR) is 51.6 cm³/mol. The number of hydrogen-bond acceptors (Lipinski definition) is 3. The van der Waals surface area contributed by atoms with E-state index in [-0.39, 0.29) is 0 Å². The second-order valence-electron chi connectivity index (χ2n) is 2.60. The van der Waals surface area contributed by atoms with E-state index in [1.165, 1.54) is 7.11 Å². The summed E-state index contributed by atoms with van der Waals surface area (Å²) < 4.78 is 4.92. The fourth-order valence-electron chi connectivity index (χ4n) is 0.913. The van der Waals surface area contributed by atoms with Crippen LogP contribution in [0.1, 0.15) is 11.3 Å². The van der Waals surface area contributed by atoms with Gasteiger partial charge in [0.05, 0.1) is 12.8 Å². The molecule has 0 saturated carbocycles. The zero-order chi connectivity index (χ0) is 10.6. The SMILES string of the molecule is COc1ccc(C#CC(N)=O)c(C)n1. The van der Waals surface area contributed by atoms with Crippen molar-refractivity contribution in [3.05, 3.63) is 23.4 Å². The van der Waals surface area contributed by atoms with Gasteiger partial charge in [-0.2, -0.15) is 0 Å². The van der Waals surface area contributed by atoms with Crippen LogP contribution in [-0.4, -0.2) is 18.0 Å². The van der Waals surface area contributed by atoms with Crippen molar-refractivity contribution < 1.29 is 9.53 Å². The molecule has 2 N–H and O–H groups in total. The molecule has 4 nitrogen and oxygen atoms in total. The first-order valence-electron chi connectivity index (χ1n) is 3.96. The summed E-state index contributed by atoms with van der Waals surface area (Å²) in [7, 11) is 1.54. The molecule has 0 aliphatic heterocycles. The van der Waals surface area contributed by atoms with Crippen molar-refractivity contribution >= 4 is 5.91 Å². The molecule has 1 heterocycles. The van der Waals surface area contributed by atoms with Gasteiger partial charge in [0.15, 0.2) is 0 Å². The first kappa shape index (κ1) is 10.1. The third-order valence-corrected chi connectivity index (χ3v) is 1.59. The average molecular weight is 190 g/mol. The monoisotopic (exact) mass is 190 g/mol. The minimum Gasteiger partial charge on any atom is -0.481 e. The molecular formula is C10H10N2O2. The number of methoxy groups -OCH3 is 1. The lowest BCUT2D eigenvalue weighted by molar-refractivity contribution is -0.112. The van der Waals surface area contributed by atoms with Crippen molar-refractivity contribution in [1.29, 1.82) is 0 Å². The molecule has 0 atom stereocenters. The van der Waals surface area contributed by atoms with Gasteiger partial charge in [-0.25, -0.2) is 4.98 Å². The number of carbonyl (C=O) groups is 1. The summed E-state index contributed by atoms with van der Waals surface area (Å²) >= 11 is 0. The topological polar surface area (TPSA) is 65.2 Å². The molecule has 0 radical (unpaired) electrons. The van der Waals surface area contributed by atoms with Gasteiger partial charge < -0.3 is 10.5 Å². The van der Waals surface area contributed by atoms with Crippen LogP contribution in [-0.2, 0) is 4.79 Å². The number of carbonyl (C=O) groups excluding carboxylic acids is 1. The summed E-state index contributed by atoms with van der Waals surface area (Å²) in [4.78, 5) is 14.5. The first-order chi connectivity index (χ1) is 6.63. The molecule has 72 valence electrons. The molecule has 0 unspecified atom stereocenters. The van der Waals surface area contributed by atoms with Crippen LogP contribution in [0, 0.1) is 18.8 Å². The van der Waals surface area contributed by atoms with Crippen LogP contribution in [0.15, 0.2) is 12.1 Å². The van der Waals surface area contributed by atoms with E-state index < -0.39 is 5.91 Å². The Morgan fingerprint density at radius 1 is 1.57 bits per heavy atom. The van der Waals surface area contributed by atoms with E-state index in [9.17, 15) is 4.79 Å². The minimum absolute atomic E-state index is 0.520. The third kappa shape index (κ3) is 2.49. The van der Waals surface area contributed by atoms with Crippen molar-refractivity contribution in [3.8, 4) is 17.7 Å². The van der Waals surface area contributed by atoms with Gasteiger partial charge in [-0.1, -0.05) is 5.92 Å². The Hall–Kier alpha value is -2.02. The van der Waals surface area contributed by atoms with Crippen LogP contribution in [0.3, 0.4) is 0 Å². The van der Waals surface area contributed by atoms with Gasteiger partial charge in [-0.15, -0.1) is 0 Å². The highest BCUT2D eigenvalue weighted by Gasteiger charge is 1.98. The first-order valence-corrected chi connectivity index (χ1v) is 3.96. The Morgan fingerprint density at radius 2 is 2.29 bits per heavy atom. The van der Waals surface area contributed by atoms with Crippen LogP contribution in [0.25, 0.3) is 0 Å². The molecule has 1 amide bonds. The number of nitrogens with two attached hydrogens (primary N) is 1. The molecule has 0 aliphatic carbocycles. The fraction of sp³-hybridized carbons (Fsp3) is 0.200. The molecule has 0 aromatic carbocycles. The lowest BCUT2D eigenvalue weighted by Gasteiger charge is -2.00. The molecule has 0 bridgehead atoms. The van der Waals surface area contributed by atoms with Gasteiger partial charge >= 0.3 is 0 Å². The van der Waals surface area contributed by atoms with Crippen LogP contribution in [0.2, 0.25) is 0 Å². The summed E-state index contributed by atoms with van der Waals surface area (Å²) in [6.07, 6.45) is 0. The van der Waals surface area contributed by atoms with Crippen molar-refractivity contribution in [2.24, 2.45) is 5.73 Å². The highest BCUT2D eigenvalue weighted by Crippen LogP contribution is 2.10. The quantitative estimate of drug-likeness (QED) is 0.645. The van der Waals surface area contributed by atoms with E-state index in [1.54, 1.807) is 19.1 Å². The Kier molecular flexibility index (Phi) is 3.08. The normalized spacial score (nSPS) is 8.71. The van der Waals surface area contributed by atoms with Crippen LogP contribution < -0.4 is 10.5 Å². The van der Waals surface area contributed by atoms with Crippen molar-refractivity contribution in [1.82, 2.24) is 4.98 Å². The maximum absolute atomic E-state index is 10.4. The van der Waals surface area contributed by atoms with Gasteiger partial charge in [-0.3, -0.25) is 4.79 Å². The Labute approximate surface area is 82.1 Å². The van der Waals surface area contributed by atoms with E-state index in [2.05, 4.69) is 16.8 Å². The lowest BCUT2D eigenvalue weighted by atomic mass is 10.2. The zero-order valence-electron chi connectivity index (χ0n) is 8.00. The highest BCUT2D eigenvalue weighted by atomic mass is 16.5. The summed E-state index contributed by atoms with van der Waals surface area (Å²) in [5.41, 5.74) is 6.27. The van der Waals surface area contributed by atoms with Gasteiger partial charge in [0.25, 0.3) is 5.91 Å². The summed E-state index contributed by atoms with van der Waals surface area (Å²) in [5.74, 6) is 4.74. The molecule has 4 heteroatoms. The second-order valence-corrected chi connectivity index (χ2v) is 2.60. The number of rotatable bonds is 1. The molecule has 1 rings (SSSR count). The number of amides is 1. The largest absolute Gasteiger partial charge is 0.481 e. The van der Waals surface area contributed by atoms with E-state index >= 15 is 0 Å². The van der Waals surface area contributed by atoms with Crippen molar-refractivity contribution in [2.75, 3.05) is 7.11 Å². The van der Waals surface area contributed by atoms with Crippen LogP contribution >= 0.6 is 0 Å². The molecule has 1 aromatic rings. The second kappa shape index (κ2) is 4.28.